The van der Waals surface area contributed by atoms with E-state index < -0.39 is 0 Å². The third-order valence-electron chi connectivity index (χ3n) is 6.28. The Morgan fingerprint density at radius 3 is 2.71 bits per heavy atom. The number of aromatic nitrogens is 4. The maximum Gasteiger partial charge on any atom is 0.227 e. The van der Waals surface area contributed by atoms with Crippen molar-refractivity contribution in [3.63, 3.8) is 0 Å². The van der Waals surface area contributed by atoms with Gasteiger partial charge in [0.1, 0.15) is 5.52 Å². The summed E-state index contributed by atoms with van der Waals surface area (Å²) in [7, 11) is 1.92. The molecule has 1 aromatic carbocycles. The van der Waals surface area contributed by atoms with E-state index in [1.165, 1.54) is 0 Å². The number of unbranched alkanes of at least 4 members (excludes halogenated alkanes) is 1. The van der Waals surface area contributed by atoms with Crippen molar-refractivity contribution in [1.29, 1.82) is 0 Å². The molecular weight excluding hydrogens is 388 g/mol. The summed E-state index contributed by atoms with van der Waals surface area (Å²) in [5.74, 6) is 1.01. The Morgan fingerprint density at radius 2 is 1.97 bits per heavy atom. The number of nitrogens with zero attached hydrogens (tertiary/aromatic N) is 6. The van der Waals surface area contributed by atoms with E-state index in [9.17, 15) is 4.79 Å². The number of fused-ring (bicyclic) bond motifs is 1. The fourth-order valence-electron chi connectivity index (χ4n) is 4.53. The van der Waals surface area contributed by atoms with Crippen molar-refractivity contribution >= 4 is 22.6 Å². The first-order valence-electron chi connectivity index (χ1n) is 11.3. The third-order valence-corrected chi connectivity index (χ3v) is 6.28. The normalized spacial score (nSPS) is 16.6. The smallest absolute Gasteiger partial charge is 0.227 e. The summed E-state index contributed by atoms with van der Waals surface area (Å²) in [5.41, 5.74) is 3.81. The molecule has 3 aromatic rings. The zero-order valence-corrected chi connectivity index (χ0v) is 19.0. The summed E-state index contributed by atoms with van der Waals surface area (Å²) in [6.07, 6.45) is 4.02. The summed E-state index contributed by atoms with van der Waals surface area (Å²) >= 11 is 0. The topological polar surface area (TPSA) is 67.2 Å². The van der Waals surface area contributed by atoms with E-state index in [-0.39, 0.29) is 11.8 Å². The molecule has 0 bridgehead atoms. The maximum absolute atomic E-state index is 13.0. The summed E-state index contributed by atoms with van der Waals surface area (Å²) in [6.45, 7) is 8.56. The third kappa shape index (κ3) is 4.13. The van der Waals surface area contributed by atoms with E-state index in [1.54, 1.807) is 0 Å². The molecule has 7 nitrogen and oxygen atoms in total. The van der Waals surface area contributed by atoms with E-state index in [0.29, 0.717) is 6.54 Å². The van der Waals surface area contributed by atoms with Crippen LogP contribution in [0.15, 0.2) is 30.3 Å². The Labute approximate surface area is 184 Å². The molecule has 0 unspecified atom stereocenters. The highest BCUT2D eigenvalue weighted by Crippen LogP contribution is 2.31. The average Bonchev–Trinajstić information content (AvgIpc) is 3.16. The van der Waals surface area contributed by atoms with Crippen LogP contribution in [0.4, 0.5) is 5.82 Å². The first-order valence-corrected chi connectivity index (χ1v) is 11.3. The number of anilines is 1. The van der Waals surface area contributed by atoms with E-state index in [1.807, 2.05) is 41.8 Å². The van der Waals surface area contributed by atoms with Gasteiger partial charge < -0.3 is 9.80 Å². The lowest BCUT2D eigenvalue weighted by Gasteiger charge is -2.34. The number of amides is 1. The van der Waals surface area contributed by atoms with Crippen LogP contribution in [0.2, 0.25) is 0 Å². The molecule has 164 valence electrons. The van der Waals surface area contributed by atoms with Gasteiger partial charge in [0.15, 0.2) is 5.82 Å². The van der Waals surface area contributed by atoms with Gasteiger partial charge in [0.2, 0.25) is 5.91 Å². The molecule has 0 spiro atoms. The number of para-hydroxylation sites is 1. The molecular formula is C24H32N6O. The lowest BCUT2D eigenvalue weighted by Crippen LogP contribution is -2.44. The van der Waals surface area contributed by atoms with Crippen LogP contribution in [0.5, 0.6) is 0 Å². The molecule has 1 aliphatic heterocycles. The quantitative estimate of drug-likeness (QED) is 0.605. The molecule has 0 N–H and O–H groups in total. The second kappa shape index (κ2) is 9.04. The van der Waals surface area contributed by atoms with E-state index >= 15 is 0 Å². The highest BCUT2D eigenvalue weighted by atomic mass is 16.2. The van der Waals surface area contributed by atoms with Gasteiger partial charge in [0.05, 0.1) is 28.4 Å². The molecule has 1 atom stereocenters. The van der Waals surface area contributed by atoms with Crippen LogP contribution in [0, 0.1) is 19.8 Å². The summed E-state index contributed by atoms with van der Waals surface area (Å²) < 4.78 is 1.97. The van der Waals surface area contributed by atoms with Gasteiger partial charge in [0.25, 0.3) is 0 Å². The van der Waals surface area contributed by atoms with Crippen LogP contribution in [0.1, 0.15) is 44.0 Å². The van der Waals surface area contributed by atoms with Gasteiger partial charge in [-0.3, -0.25) is 4.79 Å². The van der Waals surface area contributed by atoms with Gasteiger partial charge in [-0.25, -0.2) is 4.68 Å². The monoisotopic (exact) mass is 420 g/mol. The number of aryl methyl sites for hydroxylation is 2. The molecule has 4 rings (SSSR count). The number of benzene rings is 1. The minimum Gasteiger partial charge on any atom is -0.352 e. The number of piperidine rings is 1. The fraction of sp³-hybridized carbons (Fsp3) is 0.500. The maximum atomic E-state index is 13.0. The molecule has 2 aromatic heterocycles. The van der Waals surface area contributed by atoms with Crippen LogP contribution < -0.4 is 4.90 Å². The number of carbonyl (C=O) groups is 1. The van der Waals surface area contributed by atoms with Crippen LogP contribution in [0.3, 0.4) is 0 Å². The molecule has 3 heterocycles. The Bertz CT molecular complexity index is 1060. The van der Waals surface area contributed by atoms with Crippen LogP contribution in [-0.4, -0.2) is 57.5 Å². The Balaban J connectivity index is 1.66. The Morgan fingerprint density at radius 1 is 1.19 bits per heavy atom. The van der Waals surface area contributed by atoms with Gasteiger partial charge in [0, 0.05) is 26.7 Å². The average molecular weight is 421 g/mol. The van der Waals surface area contributed by atoms with Crippen molar-refractivity contribution in [3.8, 4) is 5.69 Å². The van der Waals surface area contributed by atoms with Crippen LogP contribution in [0.25, 0.3) is 16.6 Å². The molecule has 31 heavy (non-hydrogen) atoms. The van der Waals surface area contributed by atoms with E-state index in [2.05, 4.69) is 41.1 Å². The van der Waals surface area contributed by atoms with Crippen molar-refractivity contribution in [2.24, 2.45) is 5.92 Å². The number of hydrogen-bond acceptors (Lipinski definition) is 5. The standard InChI is InChI=1S/C24H32N6O/c1-5-6-14-28(4)24(31)19-11-10-15-29(16-19)23-22-21(17(2)25-26-23)18(3)30(27-22)20-12-8-7-9-13-20/h7-9,12-13,19H,5-6,10-11,14-16H2,1-4H3/t19-/m1/s1. The Hall–Kier alpha value is -2.96. The van der Waals surface area contributed by atoms with E-state index in [0.717, 1.165) is 72.6 Å². The van der Waals surface area contributed by atoms with Crippen molar-refractivity contribution < 1.29 is 4.79 Å². The SMILES string of the molecule is CCCCN(C)C(=O)[C@@H]1CCCN(c2nnc(C)c3c(C)n(-c4ccccc4)nc23)C1. The molecule has 0 radical (unpaired) electrons. The molecule has 1 aliphatic rings. The highest BCUT2D eigenvalue weighted by Gasteiger charge is 2.30. The van der Waals surface area contributed by atoms with Crippen LogP contribution in [-0.2, 0) is 4.79 Å². The zero-order chi connectivity index (χ0) is 22.0. The van der Waals surface area contributed by atoms with Gasteiger partial charge >= 0.3 is 0 Å². The second-order valence-corrected chi connectivity index (χ2v) is 8.56. The predicted molar refractivity (Wildman–Crippen MR) is 124 cm³/mol. The molecule has 1 fully saturated rings. The van der Waals surface area contributed by atoms with Crippen molar-refractivity contribution in [3.05, 3.63) is 41.7 Å². The zero-order valence-electron chi connectivity index (χ0n) is 19.0. The summed E-state index contributed by atoms with van der Waals surface area (Å²) in [6, 6.07) is 10.1. The Kier molecular flexibility index (Phi) is 6.20. The second-order valence-electron chi connectivity index (χ2n) is 8.56. The van der Waals surface area contributed by atoms with Gasteiger partial charge in [-0.15, -0.1) is 5.10 Å². The first kappa shape index (κ1) is 21.3. The lowest BCUT2D eigenvalue weighted by molar-refractivity contribution is -0.134. The minimum absolute atomic E-state index is 0.00827. The number of hydrogen-bond donors (Lipinski definition) is 0. The van der Waals surface area contributed by atoms with Crippen LogP contribution >= 0.6 is 0 Å². The molecule has 1 saturated heterocycles. The summed E-state index contributed by atoms with van der Waals surface area (Å²) in [4.78, 5) is 17.1. The van der Waals surface area contributed by atoms with Gasteiger partial charge in [-0.1, -0.05) is 31.5 Å². The molecule has 0 saturated carbocycles. The highest BCUT2D eigenvalue weighted by molar-refractivity contribution is 5.92. The minimum atomic E-state index is -0.00827. The fourth-order valence-corrected chi connectivity index (χ4v) is 4.53. The molecule has 7 heteroatoms. The van der Waals surface area contributed by atoms with Crippen molar-refractivity contribution in [1.82, 2.24) is 24.9 Å². The van der Waals surface area contributed by atoms with Crippen molar-refractivity contribution in [2.45, 2.75) is 46.5 Å². The van der Waals surface area contributed by atoms with Gasteiger partial charge in [-0.2, -0.15) is 10.2 Å². The lowest BCUT2D eigenvalue weighted by atomic mass is 9.96. The predicted octanol–water partition coefficient (Wildman–Crippen LogP) is 3.91. The van der Waals surface area contributed by atoms with E-state index in [4.69, 9.17) is 5.10 Å². The van der Waals surface area contributed by atoms with Gasteiger partial charge in [-0.05, 0) is 45.2 Å². The first-order chi connectivity index (χ1) is 15.0. The largest absolute Gasteiger partial charge is 0.352 e. The molecule has 1 amide bonds. The molecule has 0 aliphatic carbocycles. The van der Waals surface area contributed by atoms with Crippen molar-refractivity contribution in [2.75, 3.05) is 31.6 Å². The number of rotatable bonds is 6. The summed E-state index contributed by atoms with van der Waals surface area (Å²) in [5, 5.41) is 15.0. The number of carbonyl (C=O) groups excluding carboxylic acids is 1.